The number of hydrogen-bond donors (Lipinski definition) is 0. The summed E-state index contributed by atoms with van der Waals surface area (Å²) < 4.78 is 0. The standard InChI is InChI=1S/C14H28/c1-7-13(5)10-11(3)9-12(4)14(13,6)8-2/h11-12H,7-10H2,1-6H3. The minimum absolute atomic E-state index is 0.564. The van der Waals surface area contributed by atoms with Gasteiger partial charge in [0.05, 0.1) is 0 Å². The van der Waals surface area contributed by atoms with E-state index in [1.807, 2.05) is 0 Å². The summed E-state index contributed by atoms with van der Waals surface area (Å²) in [4.78, 5) is 0. The van der Waals surface area contributed by atoms with Crippen molar-refractivity contribution in [3.8, 4) is 0 Å². The third-order valence-corrected chi connectivity index (χ3v) is 5.54. The average molecular weight is 196 g/mol. The van der Waals surface area contributed by atoms with Gasteiger partial charge in [-0.25, -0.2) is 0 Å². The molecule has 1 saturated carbocycles. The summed E-state index contributed by atoms with van der Waals surface area (Å²) in [7, 11) is 0. The second-order valence-electron chi connectivity index (χ2n) is 6.13. The summed E-state index contributed by atoms with van der Waals surface area (Å²) in [5, 5.41) is 0. The van der Waals surface area contributed by atoms with Crippen LogP contribution >= 0.6 is 0 Å². The van der Waals surface area contributed by atoms with Gasteiger partial charge in [-0.3, -0.25) is 0 Å². The molecule has 0 aromatic rings. The van der Waals surface area contributed by atoms with Crippen molar-refractivity contribution >= 4 is 0 Å². The molecule has 0 N–H and O–H groups in total. The van der Waals surface area contributed by atoms with Crippen molar-refractivity contribution in [3.05, 3.63) is 0 Å². The van der Waals surface area contributed by atoms with Crippen molar-refractivity contribution in [3.63, 3.8) is 0 Å². The Kier molecular flexibility index (Phi) is 3.33. The zero-order chi connectivity index (χ0) is 11.0. The summed E-state index contributed by atoms with van der Waals surface area (Å²) in [5.74, 6) is 1.82. The summed E-state index contributed by atoms with van der Waals surface area (Å²) in [6.45, 7) is 14.7. The van der Waals surface area contributed by atoms with Gasteiger partial charge in [-0.15, -0.1) is 0 Å². The van der Waals surface area contributed by atoms with Gasteiger partial charge in [0.1, 0.15) is 0 Å². The first kappa shape index (κ1) is 12.1. The monoisotopic (exact) mass is 196 g/mol. The van der Waals surface area contributed by atoms with E-state index in [1.54, 1.807) is 0 Å². The largest absolute Gasteiger partial charge is 0.0648 e. The Morgan fingerprint density at radius 3 is 2.07 bits per heavy atom. The minimum atomic E-state index is 0.564. The topological polar surface area (TPSA) is 0 Å². The van der Waals surface area contributed by atoms with Crippen molar-refractivity contribution < 1.29 is 0 Å². The molecule has 14 heavy (non-hydrogen) atoms. The Hall–Kier alpha value is 0. The minimum Gasteiger partial charge on any atom is -0.0648 e. The third-order valence-electron chi connectivity index (χ3n) is 5.54. The third kappa shape index (κ3) is 1.61. The molecule has 0 amide bonds. The van der Waals surface area contributed by atoms with Crippen molar-refractivity contribution in [2.75, 3.05) is 0 Å². The van der Waals surface area contributed by atoms with E-state index in [1.165, 1.54) is 25.7 Å². The molecule has 0 nitrogen and oxygen atoms in total. The van der Waals surface area contributed by atoms with Gasteiger partial charge in [0.2, 0.25) is 0 Å². The fourth-order valence-electron chi connectivity index (χ4n) is 3.87. The van der Waals surface area contributed by atoms with Crippen LogP contribution in [-0.2, 0) is 0 Å². The molecular formula is C14H28. The normalized spacial score (nSPS) is 49.3. The highest BCUT2D eigenvalue weighted by Gasteiger charge is 2.49. The van der Waals surface area contributed by atoms with Crippen LogP contribution in [-0.4, -0.2) is 0 Å². The van der Waals surface area contributed by atoms with Gasteiger partial charge < -0.3 is 0 Å². The lowest BCUT2D eigenvalue weighted by molar-refractivity contribution is -0.0588. The second-order valence-corrected chi connectivity index (χ2v) is 6.13. The van der Waals surface area contributed by atoms with Crippen molar-refractivity contribution in [1.82, 2.24) is 0 Å². The molecule has 4 unspecified atom stereocenters. The highest BCUT2D eigenvalue weighted by atomic mass is 14.5. The van der Waals surface area contributed by atoms with Crippen LogP contribution in [0.3, 0.4) is 0 Å². The maximum atomic E-state index is 2.52. The first-order valence-corrected chi connectivity index (χ1v) is 6.39. The summed E-state index contributed by atoms with van der Waals surface area (Å²) in [6, 6.07) is 0. The maximum absolute atomic E-state index is 2.52. The molecule has 84 valence electrons. The van der Waals surface area contributed by atoms with E-state index in [2.05, 4.69) is 41.5 Å². The van der Waals surface area contributed by atoms with Gasteiger partial charge in [0.15, 0.2) is 0 Å². The predicted octanol–water partition coefficient (Wildman–Crippen LogP) is 4.89. The zero-order valence-corrected chi connectivity index (χ0v) is 11.0. The second kappa shape index (κ2) is 3.87. The molecule has 0 heterocycles. The molecule has 0 aliphatic heterocycles. The Bertz CT molecular complexity index is 196. The smallest absolute Gasteiger partial charge is 0.0249 e. The molecular weight excluding hydrogens is 168 g/mol. The predicted molar refractivity (Wildman–Crippen MR) is 64.4 cm³/mol. The van der Waals surface area contributed by atoms with Crippen molar-refractivity contribution in [2.24, 2.45) is 22.7 Å². The van der Waals surface area contributed by atoms with Gasteiger partial charge in [-0.2, -0.15) is 0 Å². The molecule has 1 aliphatic carbocycles. The number of hydrogen-bond acceptors (Lipinski definition) is 0. The van der Waals surface area contributed by atoms with Crippen LogP contribution in [0, 0.1) is 22.7 Å². The Balaban J connectivity index is 2.98. The molecule has 4 atom stereocenters. The number of rotatable bonds is 2. The molecule has 0 heteroatoms. The fourth-order valence-corrected chi connectivity index (χ4v) is 3.87. The Labute approximate surface area is 90.5 Å². The SMILES string of the molecule is CCC1(C)CC(C)CC(C)C1(C)CC. The van der Waals surface area contributed by atoms with Crippen LogP contribution in [0.4, 0.5) is 0 Å². The van der Waals surface area contributed by atoms with Crippen molar-refractivity contribution in [2.45, 2.75) is 67.2 Å². The van der Waals surface area contributed by atoms with E-state index in [-0.39, 0.29) is 0 Å². The van der Waals surface area contributed by atoms with E-state index >= 15 is 0 Å². The molecule has 1 aliphatic rings. The Morgan fingerprint density at radius 1 is 1.07 bits per heavy atom. The molecule has 0 spiro atoms. The van der Waals surface area contributed by atoms with E-state index in [4.69, 9.17) is 0 Å². The average Bonchev–Trinajstić information content (AvgIpc) is 2.13. The van der Waals surface area contributed by atoms with Gasteiger partial charge in [-0.05, 0) is 41.9 Å². The van der Waals surface area contributed by atoms with Gasteiger partial charge in [0, 0.05) is 0 Å². The van der Waals surface area contributed by atoms with E-state index in [0.717, 1.165) is 11.8 Å². The van der Waals surface area contributed by atoms with Crippen LogP contribution in [0.1, 0.15) is 67.2 Å². The van der Waals surface area contributed by atoms with Crippen molar-refractivity contribution in [1.29, 1.82) is 0 Å². The molecule has 0 saturated heterocycles. The summed E-state index contributed by atoms with van der Waals surface area (Å²) in [6.07, 6.45) is 5.54. The van der Waals surface area contributed by atoms with Crippen LogP contribution in [0.2, 0.25) is 0 Å². The Morgan fingerprint density at radius 2 is 1.64 bits per heavy atom. The summed E-state index contributed by atoms with van der Waals surface area (Å²) in [5.41, 5.74) is 1.13. The first-order valence-electron chi connectivity index (χ1n) is 6.39. The van der Waals surface area contributed by atoms with Gasteiger partial charge in [0.25, 0.3) is 0 Å². The molecule has 0 bridgehead atoms. The molecule has 0 aromatic carbocycles. The van der Waals surface area contributed by atoms with Crippen LogP contribution in [0.25, 0.3) is 0 Å². The zero-order valence-electron chi connectivity index (χ0n) is 11.0. The summed E-state index contributed by atoms with van der Waals surface area (Å²) >= 11 is 0. The molecule has 0 aromatic heterocycles. The maximum Gasteiger partial charge on any atom is -0.0249 e. The quantitative estimate of drug-likeness (QED) is 0.590. The molecule has 0 radical (unpaired) electrons. The lowest BCUT2D eigenvalue weighted by Crippen LogP contribution is -2.47. The van der Waals surface area contributed by atoms with E-state index < -0.39 is 0 Å². The molecule has 1 fully saturated rings. The lowest BCUT2D eigenvalue weighted by Gasteiger charge is -2.55. The van der Waals surface area contributed by atoms with E-state index in [0.29, 0.717) is 10.8 Å². The first-order chi connectivity index (χ1) is 6.39. The van der Waals surface area contributed by atoms with Crippen LogP contribution < -0.4 is 0 Å². The lowest BCUT2D eigenvalue weighted by atomic mass is 9.49. The van der Waals surface area contributed by atoms with Crippen LogP contribution in [0.15, 0.2) is 0 Å². The fraction of sp³-hybridized carbons (Fsp3) is 1.00. The highest BCUT2D eigenvalue weighted by Crippen LogP contribution is 2.58. The van der Waals surface area contributed by atoms with Gasteiger partial charge >= 0.3 is 0 Å². The van der Waals surface area contributed by atoms with Crippen LogP contribution in [0.5, 0.6) is 0 Å². The molecule has 1 rings (SSSR count). The van der Waals surface area contributed by atoms with E-state index in [9.17, 15) is 0 Å². The van der Waals surface area contributed by atoms with Gasteiger partial charge in [-0.1, -0.05) is 48.0 Å². The highest BCUT2D eigenvalue weighted by molar-refractivity contribution is 4.98.